The Balaban J connectivity index is 1.67. The van der Waals surface area contributed by atoms with Crippen LogP contribution in [-0.4, -0.2) is 44.7 Å². The second kappa shape index (κ2) is 5.83. The molecule has 0 unspecified atom stereocenters. The summed E-state index contributed by atoms with van der Waals surface area (Å²) in [6, 6.07) is 6.72. The number of hydrogen-bond acceptors (Lipinski definition) is 3. The number of nitrogens with zero attached hydrogens (tertiary/aromatic N) is 2. The molecule has 0 aliphatic carbocycles. The highest BCUT2D eigenvalue weighted by Crippen LogP contribution is 2.32. The number of fused-ring (bicyclic) bond motifs is 1. The highest BCUT2D eigenvalue weighted by Gasteiger charge is 2.16. The maximum absolute atomic E-state index is 3.58. The SMILES string of the molecule is CN(CCN1CCCC1)c1cccc2c1NCCC2. The van der Waals surface area contributed by atoms with Crippen LogP contribution in [-0.2, 0) is 6.42 Å². The highest BCUT2D eigenvalue weighted by molar-refractivity contribution is 5.74. The molecular formula is C16H25N3. The number of rotatable bonds is 4. The van der Waals surface area contributed by atoms with Crippen molar-refractivity contribution < 1.29 is 0 Å². The molecule has 3 rings (SSSR count). The number of aryl methyl sites for hydroxylation is 1. The van der Waals surface area contributed by atoms with Gasteiger partial charge in [0.1, 0.15) is 0 Å². The molecule has 3 nitrogen and oxygen atoms in total. The molecule has 1 fully saturated rings. The summed E-state index contributed by atoms with van der Waals surface area (Å²) in [6.45, 7) is 6.01. The van der Waals surface area contributed by atoms with E-state index in [-0.39, 0.29) is 0 Å². The molecule has 0 aromatic heterocycles. The third kappa shape index (κ3) is 2.86. The van der Waals surface area contributed by atoms with E-state index < -0.39 is 0 Å². The van der Waals surface area contributed by atoms with Crippen molar-refractivity contribution in [1.82, 2.24) is 4.90 Å². The number of likely N-dealkylation sites (tertiary alicyclic amines) is 1. The van der Waals surface area contributed by atoms with Crippen LogP contribution in [0, 0.1) is 0 Å². The fourth-order valence-electron chi connectivity index (χ4n) is 3.23. The summed E-state index contributed by atoms with van der Waals surface area (Å²) in [5.74, 6) is 0. The third-order valence-electron chi connectivity index (χ3n) is 4.41. The molecule has 1 N–H and O–H groups in total. The lowest BCUT2D eigenvalue weighted by molar-refractivity contribution is 0.346. The standard InChI is InChI=1S/C16H25N3/c1-18(12-13-19-10-2-3-11-19)15-8-4-6-14-7-5-9-17-16(14)15/h4,6,8,17H,2-3,5,7,9-13H2,1H3. The summed E-state index contributed by atoms with van der Waals surface area (Å²) in [4.78, 5) is 4.99. The summed E-state index contributed by atoms with van der Waals surface area (Å²) in [6.07, 6.45) is 5.24. The van der Waals surface area contributed by atoms with E-state index in [1.165, 1.54) is 62.3 Å². The van der Waals surface area contributed by atoms with Gasteiger partial charge in [-0.25, -0.2) is 0 Å². The van der Waals surface area contributed by atoms with Crippen LogP contribution in [0.4, 0.5) is 11.4 Å². The highest BCUT2D eigenvalue weighted by atomic mass is 15.2. The Morgan fingerprint density at radius 3 is 2.89 bits per heavy atom. The van der Waals surface area contributed by atoms with Gasteiger partial charge in [0.05, 0.1) is 11.4 Å². The van der Waals surface area contributed by atoms with E-state index in [2.05, 4.69) is 40.4 Å². The minimum atomic E-state index is 1.12. The molecule has 2 heterocycles. The van der Waals surface area contributed by atoms with Crippen molar-refractivity contribution in [3.05, 3.63) is 23.8 Å². The molecular weight excluding hydrogens is 234 g/mol. The first-order chi connectivity index (χ1) is 9.34. The van der Waals surface area contributed by atoms with Gasteiger partial charge in [0.15, 0.2) is 0 Å². The van der Waals surface area contributed by atoms with Gasteiger partial charge < -0.3 is 15.1 Å². The zero-order valence-electron chi connectivity index (χ0n) is 12.0. The van der Waals surface area contributed by atoms with Crippen LogP contribution in [0.5, 0.6) is 0 Å². The van der Waals surface area contributed by atoms with Crippen LogP contribution in [0.3, 0.4) is 0 Å². The van der Waals surface area contributed by atoms with Gasteiger partial charge in [-0.05, 0) is 50.4 Å². The minimum Gasteiger partial charge on any atom is -0.383 e. The summed E-state index contributed by atoms with van der Waals surface area (Å²) in [5.41, 5.74) is 4.23. The Labute approximate surface area is 116 Å². The number of para-hydroxylation sites is 1. The van der Waals surface area contributed by atoms with Crippen LogP contribution in [0.1, 0.15) is 24.8 Å². The third-order valence-corrected chi connectivity index (χ3v) is 4.41. The van der Waals surface area contributed by atoms with Crippen molar-refractivity contribution in [3.8, 4) is 0 Å². The van der Waals surface area contributed by atoms with E-state index in [1.54, 1.807) is 0 Å². The predicted molar refractivity (Wildman–Crippen MR) is 82.2 cm³/mol. The van der Waals surface area contributed by atoms with Crippen LogP contribution >= 0.6 is 0 Å². The van der Waals surface area contributed by atoms with Gasteiger partial charge in [-0.1, -0.05) is 12.1 Å². The topological polar surface area (TPSA) is 18.5 Å². The summed E-state index contributed by atoms with van der Waals surface area (Å²) in [5, 5.41) is 3.58. The number of benzene rings is 1. The molecule has 3 heteroatoms. The first-order valence-electron chi connectivity index (χ1n) is 7.64. The van der Waals surface area contributed by atoms with Crippen LogP contribution < -0.4 is 10.2 Å². The fourth-order valence-corrected chi connectivity index (χ4v) is 3.23. The second-order valence-corrected chi connectivity index (χ2v) is 5.81. The molecule has 2 aliphatic heterocycles. The summed E-state index contributed by atoms with van der Waals surface area (Å²) >= 11 is 0. The van der Waals surface area contributed by atoms with Crippen molar-refractivity contribution in [3.63, 3.8) is 0 Å². The first kappa shape index (κ1) is 12.8. The van der Waals surface area contributed by atoms with Crippen molar-refractivity contribution >= 4 is 11.4 Å². The number of hydrogen-bond donors (Lipinski definition) is 1. The first-order valence-corrected chi connectivity index (χ1v) is 7.64. The number of anilines is 2. The number of likely N-dealkylation sites (N-methyl/N-ethyl adjacent to an activating group) is 1. The molecule has 0 atom stereocenters. The molecule has 0 saturated carbocycles. The summed E-state index contributed by atoms with van der Waals surface area (Å²) < 4.78 is 0. The lowest BCUT2D eigenvalue weighted by Crippen LogP contribution is -2.32. The lowest BCUT2D eigenvalue weighted by atomic mass is 10.0. The van der Waals surface area contributed by atoms with Gasteiger partial charge in [0, 0.05) is 26.7 Å². The molecule has 0 spiro atoms. The van der Waals surface area contributed by atoms with E-state index in [0.29, 0.717) is 0 Å². The van der Waals surface area contributed by atoms with Crippen molar-refractivity contribution in [2.24, 2.45) is 0 Å². The molecule has 104 valence electrons. The van der Waals surface area contributed by atoms with E-state index >= 15 is 0 Å². The largest absolute Gasteiger partial charge is 0.383 e. The smallest absolute Gasteiger partial charge is 0.0610 e. The molecule has 1 saturated heterocycles. The quantitative estimate of drug-likeness (QED) is 0.896. The van der Waals surface area contributed by atoms with Crippen molar-refractivity contribution in [1.29, 1.82) is 0 Å². The van der Waals surface area contributed by atoms with Gasteiger partial charge in [-0.3, -0.25) is 0 Å². The maximum Gasteiger partial charge on any atom is 0.0610 e. The Hall–Kier alpha value is -1.22. The minimum absolute atomic E-state index is 1.12. The van der Waals surface area contributed by atoms with Gasteiger partial charge in [0.2, 0.25) is 0 Å². The van der Waals surface area contributed by atoms with Crippen LogP contribution in [0.15, 0.2) is 18.2 Å². The average Bonchev–Trinajstić information content (AvgIpc) is 2.97. The van der Waals surface area contributed by atoms with E-state index in [9.17, 15) is 0 Å². The molecule has 0 amide bonds. The van der Waals surface area contributed by atoms with E-state index in [1.807, 2.05) is 0 Å². The molecule has 2 aliphatic rings. The normalized spacial score (nSPS) is 19.0. The Morgan fingerprint density at radius 2 is 2.05 bits per heavy atom. The molecule has 0 bridgehead atoms. The van der Waals surface area contributed by atoms with Gasteiger partial charge in [-0.15, -0.1) is 0 Å². The Bertz CT molecular complexity index is 424. The second-order valence-electron chi connectivity index (χ2n) is 5.81. The van der Waals surface area contributed by atoms with Gasteiger partial charge in [0.25, 0.3) is 0 Å². The zero-order valence-corrected chi connectivity index (χ0v) is 12.0. The van der Waals surface area contributed by atoms with E-state index in [0.717, 1.165) is 13.1 Å². The number of nitrogens with one attached hydrogen (secondary N) is 1. The van der Waals surface area contributed by atoms with Crippen LogP contribution in [0.2, 0.25) is 0 Å². The van der Waals surface area contributed by atoms with Crippen molar-refractivity contribution in [2.45, 2.75) is 25.7 Å². The Kier molecular flexibility index (Phi) is 3.92. The molecule has 1 aromatic rings. The Morgan fingerprint density at radius 1 is 1.21 bits per heavy atom. The van der Waals surface area contributed by atoms with Gasteiger partial charge in [-0.2, -0.15) is 0 Å². The average molecular weight is 259 g/mol. The van der Waals surface area contributed by atoms with Crippen LogP contribution in [0.25, 0.3) is 0 Å². The zero-order chi connectivity index (χ0) is 13.1. The van der Waals surface area contributed by atoms with Crippen molar-refractivity contribution in [2.75, 3.05) is 50.0 Å². The summed E-state index contributed by atoms with van der Waals surface area (Å²) in [7, 11) is 2.22. The maximum atomic E-state index is 3.58. The molecule has 19 heavy (non-hydrogen) atoms. The monoisotopic (exact) mass is 259 g/mol. The lowest BCUT2D eigenvalue weighted by Gasteiger charge is -2.28. The molecule has 1 aromatic carbocycles. The fraction of sp³-hybridized carbons (Fsp3) is 0.625. The van der Waals surface area contributed by atoms with E-state index in [4.69, 9.17) is 0 Å². The van der Waals surface area contributed by atoms with Gasteiger partial charge >= 0.3 is 0 Å². The predicted octanol–water partition coefficient (Wildman–Crippen LogP) is 2.58. The molecule has 0 radical (unpaired) electrons.